The molecule has 7 heteroatoms. The van der Waals surface area contributed by atoms with Crippen LogP contribution >= 0.6 is 11.3 Å². The molecule has 108 valence electrons. The third-order valence-electron chi connectivity index (χ3n) is 4.20. The van der Waals surface area contributed by atoms with Gasteiger partial charge in [-0.1, -0.05) is 6.08 Å². The normalized spacial score (nSPS) is 24.3. The zero-order valence-corrected chi connectivity index (χ0v) is 15.0. The standard InChI is InChI=1S/C15H14N2O3S.Na/c18-14-10(11-1-2-12(15(19)20)17(11)14)6-9-5-8-7-16-4-3-13(8)21-9;/h2,5-6,11,16H,1,3-4,7H2,(H,19,20);/q;+1/p-1/b10-6+;. The van der Waals surface area contributed by atoms with Crippen molar-refractivity contribution in [2.24, 2.45) is 0 Å². The summed E-state index contributed by atoms with van der Waals surface area (Å²) in [4.78, 5) is 26.8. The Morgan fingerprint density at radius 1 is 1.50 bits per heavy atom. The third kappa shape index (κ3) is 2.39. The molecule has 1 atom stereocenters. The number of carbonyl (C=O) groups excluding carboxylic acids is 2. The van der Waals surface area contributed by atoms with Crippen molar-refractivity contribution in [2.45, 2.75) is 25.4 Å². The topological polar surface area (TPSA) is 72.5 Å². The maximum Gasteiger partial charge on any atom is 1.00 e. The molecule has 1 aromatic heterocycles. The predicted molar refractivity (Wildman–Crippen MR) is 76.0 cm³/mol. The summed E-state index contributed by atoms with van der Waals surface area (Å²) >= 11 is 1.72. The van der Waals surface area contributed by atoms with Gasteiger partial charge in [0.2, 0.25) is 0 Å². The molecule has 1 N–H and O–H groups in total. The second kappa shape index (κ2) is 5.94. The molecule has 3 aliphatic rings. The van der Waals surface area contributed by atoms with Crippen molar-refractivity contribution in [3.63, 3.8) is 0 Å². The van der Waals surface area contributed by atoms with Gasteiger partial charge in [0.15, 0.2) is 0 Å². The largest absolute Gasteiger partial charge is 1.00 e. The quantitative estimate of drug-likeness (QED) is 0.358. The maximum atomic E-state index is 12.1. The molecule has 0 spiro atoms. The molecule has 1 fully saturated rings. The molecule has 1 aromatic rings. The molecule has 0 saturated carbocycles. The van der Waals surface area contributed by atoms with Crippen molar-refractivity contribution >= 4 is 29.3 Å². The van der Waals surface area contributed by atoms with E-state index in [2.05, 4.69) is 11.4 Å². The van der Waals surface area contributed by atoms with E-state index in [1.165, 1.54) is 15.3 Å². The van der Waals surface area contributed by atoms with Crippen molar-refractivity contribution in [2.75, 3.05) is 6.54 Å². The van der Waals surface area contributed by atoms with Gasteiger partial charge < -0.3 is 15.2 Å². The van der Waals surface area contributed by atoms with Gasteiger partial charge in [-0.25, -0.2) is 0 Å². The monoisotopic (exact) mass is 324 g/mol. The second-order valence-electron chi connectivity index (χ2n) is 5.43. The van der Waals surface area contributed by atoms with Gasteiger partial charge in [-0.15, -0.1) is 11.3 Å². The van der Waals surface area contributed by atoms with Gasteiger partial charge in [0, 0.05) is 28.4 Å². The van der Waals surface area contributed by atoms with Crippen LogP contribution < -0.4 is 40.0 Å². The van der Waals surface area contributed by atoms with Crippen LogP contribution in [0, 0.1) is 0 Å². The number of amides is 1. The van der Waals surface area contributed by atoms with Crippen molar-refractivity contribution in [1.29, 1.82) is 0 Å². The van der Waals surface area contributed by atoms with Gasteiger partial charge in [-0.05, 0) is 30.5 Å². The SMILES string of the molecule is O=C([O-])C1=CCC2/C(=C\c3cc4c(s3)CCNC4)C(=O)N12.[Na+]. The van der Waals surface area contributed by atoms with E-state index < -0.39 is 5.97 Å². The summed E-state index contributed by atoms with van der Waals surface area (Å²) in [5.41, 5.74) is 2.02. The number of thiophene rings is 1. The molecule has 0 aliphatic carbocycles. The van der Waals surface area contributed by atoms with Crippen LogP contribution in [-0.2, 0) is 22.6 Å². The first-order valence-electron chi connectivity index (χ1n) is 6.94. The molecule has 0 radical (unpaired) electrons. The Morgan fingerprint density at radius 3 is 3.05 bits per heavy atom. The Morgan fingerprint density at radius 2 is 2.32 bits per heavy atom. The molecular weight excluding hydrogens is 311 g/mol. The molecular formula is C15H13N2NaO3S. The molecule has 0 bridgehead atoms. The minimum atomic E-state index is -1.28. The van der Waals surface area contributed by atoms with Gasteiger partial charge in [-0.2, -0.15) is 0 Å². The Balaban J connectivity index is 0.00000144. The number of fused-ring (bicyclic) bond motifs is 2. The second-order valence-corrected chi connectivity index (χ2v) is 6.60. The fraction of sp³-hybridized carbons (Fsp3) is 0.333. The number of β-lactam (4-membered cyclic amide) rings is 1. The van der Waals surface area contributed by atoms with Crippen LogP contribution in [-0.4, -0.2) is 29.4 Å². The van der Waals surface area contributed by atoms with E-state index in [1.54, 1.807) is 17.4 Å². The first-order chi connectivity index (χ1) is 10.1. The molecule has 0 aromatic carbocycles. The van der Waals surface area contributed by atoms with E-state index in [9.17, 15) is 14.7 Å². The van der Waals surface area contributed by atoms with Crippen LogP contribution in [0.25, 0.3) is 6.08 Å². The maximum absolute atomic E-state index is 12.1. The van der Waals surface area contributed by atoms with Gasteiger partial charge in [-0.3, -0.25) is 9.69 Å². The van der Waals surface area contributed by atoms with Crippen molar-refractivity contribution in [1.82, 2.24) is 10.2 Å². The Bertz CT molecular complexity index is 699. The number of carboxylic acids is 1. The predicted octanol–water partition coefficient (Wildman–Crippen LogP) is -2.97. The van der Waals surface area contributed by atoms with E-state index in [0.29, 0.717) is 12.0 Å². The summed E-state index contributed by atoms with van der Waals surface area (Å²) in [7, 11) is 0. The Kier molecular flexibility index (Phi) is 4.31. The summed E-state index contributed by atoms with van der Waals surface area (Å²) in [6.07, 6.45) is 5.08. The number of carbonyl (C=O) groups is 2. The van der Waals surface area contributed by atoms with Crippen molar-refractivity contribution in [3.05, 3.63) is 38.7 Å². The molecule has 4 rings (SSSR count). The fourth-order valence-electron chi connectivity index (χ4n) is 3.17. The van der Waals surface area contributed by atoms with Gasteiger partial charge in [0.05, 0.1) is 17.7 Å². The fourth-order valence-corrected chi connectivity index (χ4v) is 4.30. The average Bonchev–Trinajstić information content (AvgIpc) is 3.05. The molecule has 5 nitrogen and oxygen atoms in total. The number of carboxylic acid groups (broad SMARTS) is 1. The van der Waals surface area contributed by atoms with E-state index in [0.717, 1.165) is 24.4 Å². The first kappa shape index (κ1) is 16.0. The minimum absolute atomic E-state index is 0. The molecule has 1 saturated heterocycles. The van der Waals surface area contributed by atoms with Gasteiger partial charge in [0.1, 0.15) is 0 Å². The number of rotatable bonds is 2. The van der Waals surface area contributed by atoms with Crippen LogP contribution in [0.3, 0.4) is 0 Å². The van der Waals surface area contributed by atoms with Gasteiger partial charge in [0.25, 0.3) is 5.91 Å². The minimum Gasteiger partial charge on any atom is -0.543 e. The van der Waals surface area contributed by atoms with E-state index in [1.807, 2.05) is 6.08 Å². The molecule has 1 amide bonds. The number of hydrogen-bond donors (Lipinski definition) is 1. The van der Waals surface area contributed by atoms with E-state index >= 15 is 0 Å². The van der Waals surface area contributed by atoms with Crippen LogP contribution in [0.15, 0.2) is 23.4 Å². The zero-order chi connectivity index (χ0) is 14.6. The molecule has 4 heterocycles. The van der Waals surface area contributed by atoms with E-state index in [-0.39, 0.29) is 47.2 Å². The van der Waals surface area contributed by atoms with Crippen molar-refractivity contribution in [3.8, 4) is 0 Å². The molecule has 1 unspecified atom stereocenters. The summed E-state index contributed by atoms with van der Waals surface area (Å²) in [5, 5.41) is 14.3. The van der Waals surface area contributed by atoms with Crippen molar-refractivity contribution < 1.29 is 44.3 Å². The third-order valence-corrected chi connectivity index (χ3v) is 5.38. The molecule has 22 heavy (non-hydrogen) atoms. The molecule has 3 aliphatic heterocycles. The number of nitrogens with zero attached hydrogens (tertiary/aromatic N) is 1. The average molecular weight is 324 g/mol. The zero-order valence-electron chi connectivity index (χ0n) is 12.2. The van der Waals surface area contributed by atoms with Crippen LogP contribution in [0.5, 0.6) is 0 Å². The smallest absolute Gasteiger partial charge is 0.543 e. The van der Waals surface area contributed by atoms with Crippen LogP contribution in [0.1, 0.15) is 21.7 Å². The van der Waals surface area contributed by atoms with Gasteiger partial charge >= 0.3 is 29.6 Å². The summed E-state index contributed by atoms with van der Waals surface area (Å²) in [6.45, 7) is 1.88. The van der Waals surface area contributed by atoms with E-state index in [4.69, 9.17) is 0 Å². The Labute approximate surface area is 154 Å². The number of nitrogens with one attached hydrogen (secondary N) is 1. The summed E-state index contributed by atoms with van der Waals surface area (Å²) < 4.78 is 0. The Hall–Kier alpha value is -0.920. The first-order valence-corrected chi connectivity index (χ1v) is 7.76. The summed E-state index contributed by atoms with van der Waals surface area (Å²) in [6, 6.07) is 2.00. The van der Waals surface area contributed by atoms with Crippen LogP contribution in [0.2, 0.25) is 0 Å². The number of hydrogen-bond acceptors (Lipinski definition) is 5. The summed E-state index contributed by atoms with van der Waals surface area (Å²) in [5.74, 6) is -1.49. The number of aliphatic carboxylic acids is 1. The van der Waals surface area contributed by atoms with Crippen LogP contribution in [0.4, 0.5) is 0 Å².